The Morgan fingerprint density at radius 1 is 1.40 bits per heavy atom. The molecule has 0 spiro atoms. The average molecular weight is 296 g/mol. The van der Waals surface area contributed by atoms with Crippen molar-refractivity contribution in [3.05, 3.63) is 10.6 Å². The summed E-state index contributed by atoms with van der Waals surface area (Å²) in [6, 6.07) is 0.207. The van der Waals surface area contributed by atoms with Crippen molar-refractivity contribution in [3.63, 3.8) is 0 Å². The van der Waals surface area contributed by atoms with Gasteiger partial charge in [0.2, 0.25) is 0 Å². The van der Waals surface area contributed by atoms with E-state index < -0.39 is 0 Å². The molecule has 1 aliphatic carbocycles. The van der Waals surface area contributed by atoms with Crippen LogP contribution in [0.2, 0.25) is 0 Å². The zero-order valence-electron chi connectivity index (χ0n) is 13.1. The maximum Gasteiger partial charge on any atom is 0.0857 e. The molecule has 0 aromatic carbocycles. The van der Waals surface area contributed by atoms with Gasteiger partial charge in [-0.25, -0.2) is 0 Å². The van der Waals surface area contributed by atoms with Crippen molar-refractivity contribution in [3.8, 4) is 0 Å². The van der Waals surface area contributed by atoms with E-state index in [2.05, 4.69) is 42.7 Å². The summed E-state index contributed by atoms with van der Waals surface area (Å²) in [5.41, 5.74) is 4.19. The highest BCUT2D eigenvalue weighted by atomic mass is 32.1. The molecule has 3 N–H and O–H groups in total. The lowest BCUT2D eigenvalue weighted by atomic mass is 9.75. The number of hydrazine groups is 1. The molecule has 2 rings (SSSR count). The van der Waals surface area contributed by atoms with E-state index in [-0.39, 0.29) is 11.5 Å². The first-order valence-corrected chi connectivity index (χ1v) is 8.53. The monoisotopic (exact) mass is 296 g/mol. The van der Waals surface area contributed by atoms with Gasteiger partial charge in [0.1, 0.15) is 0 Å². The number of nitrogens with zero attached hydrogens (tertiary/aromatic N) is 2. The molecule has 1 aliphatic rings. The van der Waals surface area contributed by atoms with Gasteiger partial charge < -0.3 is 0 Å². The Hall–Kier alpha value is -0.520. The second-order valence-corrected chi connectivity index (χ2v) is 7.87. The maximum atomic E-state index is 5.89. The van der Waals surface area contributed by atoms with Crippen molar-refractivity contribution in [2.45, 2.75) is 71.3 Å². The molecule has 20 heavy (non-hydrogen) atoms. The Balaban J connectivity index is 2.22. The second kappa shape index (κ2) is 6.50. The SMILES string of the molecule is CCC1CCCC(C(NN)c2snnc2C(C)(C)C)C1. The van der Waals surface area contributed by atoms with Crippen LogP contribution in [0.25, 0.3) is 0 Å². The Labute approximate surface area is 126 Å². The average Bonchev–Trinajstić information content (AvgIpc) is 2.89. The molecule has 1 heterocycles. The molecule has 1 fully saturated rings. The first-order chi connectivity index (χ1) is 9.47. The standard InChI is InChI=1S/C15H28N4S/c1-5-10-7-6-8-11(9-10)12(17-16)13-14(15(2,3)4)18-19-20-13/h10-12,17H,5-9,16H2,1-4H3. The fraction of sp³-hybridized carbons (Fsp3) is 0.867. The number of aromatic nitrogens is 2. The third-order valence-corrected chi connectivity index (χ3v) is 5.37. The quantitative estimate of drug-likeness (QED) is 0.659. The van der Waals surface area contributed by atoms with Crippen molar-refractivity contribution in [1.29, 1.82) is 0 Å². The predicted octanol–water partition coefficient (Wildman–Crippen LogP) is 3.56. The highest BCUT2D eigenvalue weighted by molar-refractivity contribution is 7.05. The highest BCUT2D eigenvalue weighted by Gasteiger charge is 2.33. The Morgan fingerprint density at radius 3 is 2.75 bits per heavy atom. The van der Waals surface area contributed by atoms with Crippen LogP contribution in [0.15, 0.2) is 0 Å². The predicted molar refractivity (Wildman–Crippen MR) is 84.4 cm³/mol. The largest absolute Gasteiger partial charge is 0.271 e. The van der Waals surface area contributed by atoms with Gasteiger partial charge in [-0.3, -0.25) is 11.3 Å². The normalized spacial score (nSPS) is 25.6. The fourth-order valence-electron chi connectivity index (χ4n) is 3.35. The highest BCUT2D eigenvalue weighted by Crippen LogP contribution is 2.41. The molecule has 0 amide bonds. The summed E-state index contributed by atoms with van der Waals surface area (Å²) >= 11 is 1.51. The molecular formula is C15H28N4S. The molecule has 1 aromatic rings. The van der Waals surface area contributed by atoms with Gasteiger partial charge >= 0.3 is 0 Å². The van der Waals surface area contributed by atoms with Gasteiger partial charge in [-0.1, -0.05) is 51.4 Å². The molecule has 1 saturated carbocycles. The summed E-state index contributed by atoms with van der Waals surface area (Å²) < 4.78 is 4.19. The first kappa shape index (κ1) is 15.9. The molecule has 114 valence electrons. The molecule has 3 atom stereocenters. The van der Waals surface area contributed by atoms with Crippen LogP contribution in [0.3, 0.4) is 0 Å². The van der Waals surface area contributed by atoms with Crippen LogP contribution in [0, 0.1) is 11.8 Å². The minimum Gasteiger partial charge on any atom is -0.271 e. The Kier molecular flexibility index (Phi) is 5.15. The van der Waals surface area contributed by atoms with E-state index in [4.69, 9.17) is 5.84 Å². The van der Waals surface area contributed by atoms with E-state index in [0.29, 0.717) is 5.92 Å². The van der Waals surface area contributed by atoms with Crippen LogP contribution in [0.4, 0.5) is 0 Å². The van der Waals surface area contributed by atoms with Gasteiger partial charge in [0.25, 0.3) is 0 Å². The second-order valence-electron chi connectivity index (χ2n) is 7.08. The summed E-state index contributed by atoms with van der Waals surface area (Å²) in [5.74, 6) is 7.36. The van der Waals surface area contributed by atoms with E-state index in [1.807, 2.05) is 0 Å². The van der Waals surface area contributed by atoms with E-state index >= 15 is 0 Å². The van der Waals surface area contributed by atoms with Crippen LogP contribution >= 0.6 is 11.5 Å². The lowest BCUT2D eigenvalue weighted by Gasteiger charge is -2.34. The van der Waals surface area contributed by atoms with Crippen molar-refractivity contribution in [1.82, 2.24) is 15.0 Å². The lowest BCUT2D eigenvalue weighted by Crippen LogP contribution is -2.36. The van der Waals surface area contributed by atoms with Crippen molar-refractivity contribution >= 4 is 11.5 Å². The van der Waals surface area contributed by atoms with Crippen molar-refractivity contribution in [2.75, 3.05) is 0 Å². The third kappa shape index (κ3) is 3.38. The summed E-state index contributed by atoms with van der Waals surface area (Å²) in [4.78, 5) is 1.24. The van der Waals surface area contributed by atoms with Crippen LogP contribution in [0.5, 0.6) is 0 Å². The lowest BCUT2D eigenvalue weighted by molar-refractivity contribution is 0.210. The first-order valence-electron chi connectivity index (χ1n) is 7.76. The van der Waals surface area contributed by atoms with Gasteiger partial charge in [-0.15, -0.1) is 5.10 Å². The number of hydrogen-bond acceptors (Lipinski definition) is 5. The summed E-state index contributed by atoms with van der Waals surface area (Å²) in [6.07, 6.45) is 6.50. The Bertz CT molecular complexity index is 424. The minimum atomic E-state index is 0.0241. The van der Waals surface area contributed by atoms with Gasteiger partial charge in [-0.2, -0.15) is 0 Å². The summed E-state index contributed by atoms with van der Waals surface area (Å²) in [5, 5.41) is 4.36. The smallest absolute Gasteiger partial charge is 0.0857 e. The summed E-state index contributed by atoms with van der Waals surface area (Å²) in [7, 11) is 0. The molecule has 0 aliphatic heterocycles. The van der Waals surface area contributed by atoms with Crippen LogP contribution in [-0.2, 0) is 5.41 Å². The molecule has 0 saturated heterocycles. The maximum absolute atomic E-state index is 5.89. The van der Waals surface area contributed by atoms with E-state index in [1.54, 1.807) is 0 Å². The van der Waals surface area contributed by atoms with E-state index in [0.717, 1.165) is 11.6 Å². The van der Waals surface area contributed by atoms with Crippen LogP contribution < -0.4 is 11.3 Å². The van der Waals surface area contributed by atoms with Gasteiger partial charge in [0.05, 0.1) is 16.6 Å². The summed E-state index contributed by atoms with van der Waals surface area (Å²) in [6.45, 7) is 8.87. The fourth-order valence-corrected chi connectivity index (χ4v) is 4.37. The van der Waals surface area contributed by atoms with E-state index in [9.17, 15) is 0 Å². The van der Waals surface area contributed by atoms with Gasteiger partial charge in [-0.05, 0) is 36.2 Å². The van der Waals surface area contributed by atoms with Gasteiger partial charge in [0, 0.05) is 5.41 Å². The molecule has 3 unspecified atom stereocenters. The molecule has 0 radical (unpaired) electrons. The molecular weight excluding hydrogens is 268 g/mol. The van der Waals surface area contributed by atoms with Crippen molar-refractivity contribution < 1.29 is 0 Å². The third-order valence-electron chi connectivity index (χ3n) is 4.56. The van der Waals surface area contributed by atoms with E-state index in [1.165, 1.54) is 48.5 Å². The zero-order valence-corrected chi connectivity index (χ0v) is 14.0. The number of nitrogens with one attached hydrogen (secondary N) is 1. The Morgan fingerprint density at radius 2 is 2.15 bits per heavy atom. The molecule has 4 nitrogen and oxygen atoms in total. The minimum absolute atomic E-state index is 0.0241. The molecule has 5 heteroatoms. The number of rotatable bonds is 4. The van der Waals surface area contributed by atoms with Crippen molar-refractivity contribution in [2.24, 2.45) is 17.7 Å². The van der Waals surface area contributed by atoms with Crippen LogP contribution in [-0.4, -0.2) is 9.59 Å². The number of nitrogens with two attached hydrogens (primary N) is 1. The number of hydrogen-bond donors (Lipinski definition) is 2. The molecule has 1 aromatic heterocycles. The molecule has 0 bridgehead atoms. The topological polar surface area (TPSA) is 63.8 Å². The van der Waals surface area contributed by atoms with Gasteiger partial charge in [0.15, 0.2) is 0 Å². The van der Waals surface area contributed by atoms with Crippen LogP contribution in [0.1, 0.15) is 76.4 Å². The zero-order chi connectivity index (χ0) is 14.8.